The summed E-state index contributed by atoms with van der Waals surface area (Å²) in [6, 6.07) is 6.32. The van der Waals surface area contributed by atoms with Crippen molar-refractivity contribution >= 4 is 16.5 Å². The zero-order chi connectivity index (χ0) is 13.1. The third-order valence-corrected chi connectivity index (χ3v) is 3.75. The van der Waals surface area contributed by atoms with Gasteiger partial charge in [-0.05, 0) is 23.6 Å². The summed E-state index contributed by atoms with van der Waals surface area (Å²) in [4.78, 5) is 4.51. The van der Waals surface area contributed by atoms with Gasteiger partial charge in [0, 0.05) is 18.0 Å². The molecule has 1 N–H and O–H groups in total. The van der Waals surface area contributed by atoms with Crippen molar-refractivity contribution in [2.24, 2.45) is 0 Å². The summed E-state index contributed by atoms with van der Waals surface area (Å²) < 4.78 is 5.48. The Bertz CT molecular complexity index is 534. The second-order valence-electron chi connectivity index (χ2n) is 4.40. The number of thiazole rings is 1. The molecule has 0 amide bonds. The molecule has 18 heavy (non-hydrogen) atoms. The fraction of sp³-hybridized carbons (Fsp3) is 0.357. The highest BCUT2D eigenvalue weighted by atomic mass is 32.1. The normalized spacial score (nSPS) is 10.7. The number of hydrogen-bond donors (Lipinski definition) is 1. The molecule has 0 saturated heterocycles. The van der Waals surface area contributed by atoms with Crippen LogP contribution in [0, 0.1) is 0 Å². The van der Waals surface area contributed by atoms with E-state index in [0.717, 1.165) is 22.1 Å². The first-order chi connectivity index (χ1) is 8.65. The number of rotatable bonds is 4. The van der Waals surface area contributed by atoms with Crippen LogP contribution in [-0.4, -0.2) is 19.1 Å². The Balaban J connectivity index is 2.44. The van der Waals surface area contributed by atoms with E-state index in [1.165, 1.54) is 5.56 Å². The van der Waals surface area contributed by atoms with Crippen LogP contribution in [0.2, 0.25) is 0 Å². The molecule has 0 saturated carbocycles. The molecule has 0 aliphatic heterocycles. The van der Waals surface area contributed by atoms with Crippen molar-refractivity contribution in [1.82, 2.24) is 4.98 Å². The first kappa shape index (κ1) is 12.9. The molecule has 2 aromatic rings. The van der Waals surface area contributed by atoms with Gasteiger partial charge in [-0.2, -0.15) is 0 Å². The largest absolute Gasteiger partial charge is 0.496 e. The predicted octanol–water partition coefficient (Wildman–Crippen LogP) is 3.98. The van der Waals surface area contributed by atoms with Crippen LogP contribution in [-0.2, 0) is 0 Å². The molecule has 0 fully saturated rings. The molecule has 4 heteroatoms. The Morgan fingerprint density at radius 1 is 1.33 bits per heavy atom. The highest BCUT2D eigenvalue weighted by molar-refractivity contribution is 7.14. The highest BCUT2D eigenvalue weighted by Crippen LogP contribution is 2.34. The summed E-state index contributed by atoms with van der Waals surface area (Å²) in [5.74, 6) is 1.38. The zero-order valence-electron chi connectivity index (χ0n) is 11.2. The van der Waals surface area contributed by atoms with Gasteiger partial charge in [0.25, 0.3) is 0 Å². The van der Waals surface area contributed by atoms with E-state index in [1.54, 1.807) is 18.4 Å². The molecule has 0 aliphatic carbocycles. The van der Waals surface area contributed by atoms with E-state index in [2.05, 4.69) is 42.3 Å². The van der Waals surface area contributed by atoms with Gasteiger partial charge in [0.2, 0.25) is 0 Å². The Kier molecular flexibility index (Phi) is 3.87. The Morgan fingerprint density at radius 2 is 2.11 bits per heavy atom. The molecule has 0 radical (unpaired) electrons. The van der Waals surface area contributed by atoms with Crippen molar-refractivity contribution in [2.75, 3.05) is 19.5 Å². The summed E-state index contributed by atoms with van der Waals surface area (Å²) in [6.45, 7) is 4.35. The fourth-order valence-electron chi connectivity index (χ4n) is 1.79. The average molecular weight is 262 g/mol. The van der Waals surface area contributed by atoms with Crippen molar-refractivity contribution in [3.8, 4) is 17.0 Å². The van der Waals surface area contributed by atoms with Crippen molar-refractivity contribution < 1.29 is 4.74 Å². The SMILES string of the molecule is CNc1nc(-c2ccc(C(C)C)cc2OC)cs1. The van der Waals surface area contributed by atoms with Gasteiger partial charge >= 0.3 is 0 Å². The molecule has 3 nitrogen and oxygen atoms in total. The third kappa shape index (κ3) is 2.48. The summed E-state index contributed by atoms with van der Waals surface area (Å²) in [7, 11) is 3.58. The van der Waals surface area contributed by atoms with E-state index in [1.807, 2.05) is 12.4 Å². The lowest BCUT2D eigenvalue weighted by atomic mass is 10.00. The molecule has 0 spiro atoms. The van der Waals surface area contributed by atoms with Crippen LogP contribution in [0.4, 0.5) is 5.13 Å². The van der Waals surface area contributed by atoms with Gasteiger partial charge in [-0.1, -0.05) is 19.9 Å². The lowest BCUT2D eigenvalue weighted by Crippen LogP contribution is -1.93. The number of anilines is 1. The molecule has 1 aromatic carbocycles. The van der Waals surface area contributed by atoms with Crippen LogP contribution < -0.4 is 10.1 Å². The molecule has 0 atom stereocenters. The molecule has 1 heterocycles. The van der Waals surface area contributed by atoms with Crippen LogP contribution in [0.5, 0.6) is 5.75 Å². The van der Waals surface area contributed by atoms with E-state index in [4.69, 9.17) is 4.74 Å². The molecular weight excluding hydrogens is 244 g/mol. The predicted molar refractivity (Wildman–Crippen MR) is 77.7 cm³/mol. The first-order valence-corrected chi connectivity index (χ1v) is 6.85. The van der Waals surface area contributed by atoms with Crippen molar-refractivity contribution in [1.29, 1.82) is 0 Å². The number of nitrogens with zero attached hydrogens (tertiary/aromatic N) is 1. The van der Waals surface area contributed by atoms with Crippen molar-refractivity contribution in [2.45, 2.75) is 19.8 Å². The molecule has 1 aromatic heterocycles. The highest BCUT2D eigenvalue weighted by Gasteiger charge is 2.11. The van der Waals surface area contributed by atoms with Gasteiger partial charge in [0.05, 0.1) is 12.8 Å². The smallest absolute Gasteiger partial charge is 0.182 e. The minimum Gasteiger partial charge on any atom is -0.496 e. The quantitative estimate of drug-likeness (QED) is 0.904. The maximum atomic E-state index is 5.48. The minimum atomic E-state index is 0.497. The molecule has 0 unspecified atom stereocenters. The van der Waals surface area contributed by atoms with E-state index < -0.39 is 0 Å². The Morgan fingerprint density at radius 3 is 2.67 bits per heavy atom. The summed E-state index contributed by atoms with van der Waals surface area (Å²) in [5, 5.41) is 6.01. The summed E-state index contributed by atoms with van der Waals surface area (Å²) >= 11 is 1.60. The van der Waals surface area contributed by atoms with Crippen LogP contribution in [0.25, 0.3) is 11.3 Å². The monoisotopic (exact) mass is 262 g/mol. The lowest BCUT2D eigenvalue weighted by Gasteiger charge is -2.11. The summed E-state index contributed by atoms with van der Waals surface area (Å²) in [6.07, 6.45) is 0. The Labute approximate surface area is 112 Å². The third-order valence-electron chi connectivity index (χ3n) is 2.89. The van der Waals surface area contributed by atoms with Gasteiger partial charge in [-0.15, -0.1) is 11.3 Å². The zero-order valence-corrected chi connectivity index (χ0v) is 12.0. The van der Waals surface area contributed by atoms with E-state index in [0.29, 0.717) is 5.92 Å². The van der Waals surface area contributed by atoms with E-state index in [9.17, 15) is 0 Å². The molecular formula is C14H18N2OS. The van der Waals surface area contributed by atoms with Crippen LogP contribution in [0.3, 0.4) is 0 Å². The number of aromatic nitrogens is 1. The number of benzene rings is 1. The average Bonchev–Trinajstić information content (AvgIpc) is 2.86. The fourth-order valence-corrected chi connectivity index (χ4v) is 2.46. The Hall–Kier alpha value is -1.55. The summed E-state index contributed by atoms with van der Waals surface area (Å²) in [5.41, 5.74) is 3.27. The van der Waals surface area contributed by atoms with Crippen molar-refractivity contribution in [3.05, 3.63) is 29.1 Å². The van der Waals surface area contributed by atoms with Gasteiger partial charge in [0.15, 0.2) is 5.13 Å². The number of methoxy groups -OCH3 is 1. The van der Waals surface area contributed by atoms with Gasteiger partial charge in [-0.3, -0.25) is 0 Å². The lowest BCUT2D eigenvalue weighted by molar-refractivity contribution is 0.415. The minimum absolute atomic E-state index is 0.497. The van der Waals surface area contributed by atoms with Gasteiger partial charge in [0.1, 0.15) is 5.75 Å². The van der Waals surface area contributed by atoms with Gasteiger partial charge in [-0.25, -0.2) is 4.98 Å². The maximum absolute atomic E-state index is 5.48. The maximum Gasteiger partial charge on any atom is 0.182 e. The van der Waals surface area contributed by atoms with E-state index in [-0.39, 0.29) is 0 Å². The molecule has 0 bridgehead atoms. The standard InChI is InChI=1S/C14H18N2OS/c1-9(2)10-5-6-11(13(7-10)17-4)12-8-18-14(15-3)16-12/h5-9H,1-4H3,(H,15,16). The second kappa shape index (κ2) is 5.40. The number of nitrogens with one attached hydrogen (secondary N) is 1. The first-order valence-electron chi connectivity index (χ1n) is 5.97. The topological polar surface area (TPSA) is 34.2 Å². The van der Waals surface area contributed by atoms with Crippen LogP contribution in [0.1, 0.15) is 25.3 Å². The number of ether oxygens (including phenoxy) is 1. The molecule has 2 rings (SSSR count). The molecule has 96 valence electrons. The van der Waals surface area contributed by atoms with Crippen LogP contribution in [0.15, 0.2) is 23.6 Å². The second-order valence-corrected chi connectivity index (χ2v) is 5.26. The van der Waals surface area contributed by atoms with Crippen molar-refractivity contribution in [3.63, 3.8) is 0 Å². The number of hydrogen-bond acceptors (Lipinski definition) is 4. The van der Waals surface area contributed by atoms with Crippen LogP contribution >= 0.6 is 11.3 Å². The van der Waals surface area contributed by atoms with E-state index >= 15 is 0 Å². The molecule has 0 aliphatic rings. The van der Waals surface area contributed by atoms with Gasteiger partial charge < -0.3 is 10.1 Å².